The van der Waals surface area contributed by atoms with Crippen molar-refractivity contribution in [1.29, 1.82) is 0 Å². The lowest BCUT2D eigenvalue weighted by molar-refractivity contribution is 0.0465. The third-order valence-electron chi connectivity index (χ3n) is 3.74. The standard InChI is InChI=1S/C14H20BrNO3S/c1-14(17)7-2-9-16(10-8-14)20(18,19)13-5-3-12(11-15)4-6-13/h3-6,17H,2,7-11H2,1H3. The molecular formula is C14H20BrNO3S. The van der Waals surface area contributed by atoms with Crippen molar-refractivity contribution in [3.05, 3.63) is 29.8 Å². The van der Waals surface area contributed by atoms with Gasteiger partial charge in [-0.2, -0.15) is 4.31 Å². The van der Waals surface area contributed by atoms with Crippen LogP contribution in [0.1, 0.15) is 31.7 Å². The van der Waals surface area contributed by atoms with Gasteiger partial charge in [0.2, 0.25) is 10.0 Å². The summed E-state index contributed by atoms with van der Waals surface area (Å²) in [5, 5.41) is 10.8. The number of halogens is 1. The van der Waals surface area contributed by atoms with E-state index in [0.29, 0.717) is 42.6 Å². The van der Waals surface area contributed by atoms with Gasteiger partial charge in [-0.25, -0.2) is 8.42 Å². The summed E-state index contributed by atoms with van der Waals surface area (Å²) in [5.41, 5.74) is 0.284. The van der Waals surface area contributed by atoms with Crippen LogP contribution in [0.2, 0.25) is 0 Å². The van der Waals surface area contributed by atoms with Crippen LogP contribution >= 0.6 is 15.9 Å². The third-order valence-corrected chi connectivity index (χ3v) is 6.30. The number of hydrogen-bond acceptors (Lipinski definition) is 3. The van der Waals surface area contributed by atoms with Gasteiger partial charge in [0.1, 0.15) is 0 Å². The topological polar surface area (TPSA) is 57.6 Å². The summed E-state index contributed by atoms with van der Waals surface area (Å²) in [5.74, 6) is 0. The zero-order valence-electron chi connectivity index (χ0n) is 11.5. The SMILES string of the molecule is CC1(O)CCCN(S(=O)(=O)c2ccc(CBr)cc2)CC1. The molecule has 1 N–H and O–H groups in total. The molecule has 1 aliphatic heterocycles. The van der Waals surface area contributed by atoms with Crippen LogP contribution in [0.15, 0.2) is 29.2 Å². The zero-order chi connectivity index (χ0) is 14.8. The van der Waals surface area contributed by atoms with Crippen molar-refractivity contribution in [1.82, 2.24) is 4.31 Å². The Hall–Kier alpha value is -0.430. The molecule has 1 fully saturated rings. The van der Waals surface area contributed by atoms with Gasteiger partial charge in [-0.15, -0.1) is 0 Å². The molecule has 0 spiro atoms. The molecule has 1 atom stereocenters. The first-order valence-electron chi connectivity index (χ1n) is 6.73. The summed E-state index contributed by atoms with van der Waals surface area (Å²) in [6.07, 6.45) is 1.80. The molecule has 0 radical (unpaired) electrons. The van der Waals surface area contributed by atoms with E-state index in [1.807, 2.05) is 12.1 Å². The van der Waals surface area contributed by atoms with Crippen molar-refractivity contribution < 1.29 is 13.5 Å². The summed E-state index contributed by atoms with van der Waals surface area (Å²) in [6, 6.07) is 6.93. The van der Waals surface area contributed by atoms with Gasteiger partial charge in [0.25, 0.3) is 0 Å². The van der Waals surface area contributed by atoms with E-state index in [-0.39, 0.29) is 0 Å². The van der Waals surface area contributed by atoms with Crippen molar-refractivity contribution in [3.8, 4) is 0 Å². The maximum absolute atomic E-state index is 12.6. The van der Waals surface area contributed by atoms with Crippen molar-refractivity contribution in [2.24, 2.45) is 0 Å². The fraction of sp³-hybridized carbons (Fsp3) is 0.571. The van der Waals surface area contributed by atoms with Gasteiger partial charge in [-0.3, -0.25) is 0 Å². The van der Waals surface area contributed by atoms with E-state index >= 15 is 0 Å². The maximum Gasteiger partial charge on any atom is 0.243 e. The second kappa shape index (κ2) is 6.13. The monoisotopic (exact) mass is 361 g/mol. The second-order valence-corrected chi connectivity index (χ2v) is 8.03. The maximum atomic E-state index is 12.6. The van der Waals surface area contributed by atoms with E-state index in [4.69, 9.17) is 0 Å². The Morgan fingerprint density at radius 3 is 2.50 bits per heavy atom. The Balaban J connectivity index is 2.20. The molecule has 1 saturated heterocycles. The number of alkyl halides is 1. The van der Waals surface area contributed by atoms with E-state index in [2.05, 4.69) is 15.9 Å². The highest BCUT2D eigenvalue weighted by Gasteiger charge is 2.31. The van der Waals surface area contributed by atoms with Crippen LogP contribution in [0.5, 0.6) is 0 Å². The number of nitrogens with zero attached hydrogens (tertiary/aromatic N) is 1. The molecule has 112 valence electrons. The molecule has 1 aliphatic rings. The lowest BCUT2D eigenvalue weighted by Crippen LogP contribution is -2.33. The smallest absolute Gasteiger partial charge is 0.243 e. The predicted molar refractivity (Wildman–Crippen MR) is 82.3 cm³/mol. The summed E-state index contributed by atoms with van der Waals surface area (Å²) in [7, 11) is -3.45. The molecular weight excluding hydrogens is 342 g/mol. The largest absolute Gasteiger partial charge is 0.390 e. The van der Waals surface area contributed by atoms with Gasteiger partial charge in [-0.1, -0.05) is 28.1 Å². The first-order valence-corrected chi connectivity index (χ1v) is 9.29. The minimum Gasteiger partial charge on any atom is -0.390 e. The molecule has 1 aromatic rings. The molecule has 1 aromatic carbocycles. The average Bonchev–Trinajstić information content (AvgIpc) is 2.60. The van der Waals surface area contributed by atoms with Gasteiger partial charge in [0, 0.05) is 18.4 Å². The molecule has 0 amide bonds. The van der Waals surface area contributed by atoms with Crippen LogP contribution in [0.3, 0.4) is 0 Å². The molecule has 2 rings (SSSR count). The van der Waals surface area contributed by atoms with Gasteiger partial charge in [-0.05, 0) is 43.9 Å². The number of aliphatic hydroxyl groups is 1. The van der Waals surface area contributed by atoms with Crippen molar-refractivity contribution in [2.45, 2.75) is 42.0 Å². The Morgan fingerprint density at radius 1 is 1.25 bits per heavy atom. The van der Waals surface area contributed by atoms with Crippen LogP contribution in [0.4, 0.5) is 0 Å². The lowest BCUT2D eigenvalue weighted by atomic mass is 9.98. The van der Waals surface area contributed by atoms with Gasteiger partial charge < -0.3 is 5.11 Å². The molecule has 0 aromatic heterocycles. The van der Waals surface area contributed by atoms with Crippen LogP contribution in [-0.4, -0.2) is 36.5 Å². The highest BCUT2D eigenvalue weighted by molar-refractivity contribution is 9.08. The second-order valence-electron chi connectivity index (χ2n) is 5.53. The summed E-state index contributed by atoms with van der Waals surface area (Å²) in [4.78, 5) is 0.323. The quantitative estimate of drug-likeness (QED) is 0.841. The fourth-order valence-corrected chi connectivity index (χ4v) is 4.23. The molecule has 1 heterocycles. The Kier molecular flexibility index (Phi) is 4.89. The summed E-state index contributed by atoms with van der Waals surface area (Å²) in [6.45, 7) is 2.61. The Labute approximate surface area is 129 Å². The van der Waals surface area contributed by atoms with E-state index in [1.54, 1.807) is 19.1 Å². The van der Waals surface area contributed by atoms with Crippen LogP contribution < -0.4 is 0 Å². The lowest BCUT2D eigenvalue weighted by Gasteiger charge is -2.22. The zero-order valence-corrected chi connectivity index (χ0v) is 14.0. The number of hydrogen-bond donors (Lipinski definition) is 1. The molecule has 0 saturated carbocycles. The number of benzene rings is 1. The van der Waals surface area contributed by atoms with Gasteiger partial charge in [0.15, 0.2) is 0 Å². The van der Waals surface area contributed by atoms with Crippen LogP contribution in [0.25, 0.3) is 0 Å². The molecule has 0 aliphatic carbocycles. The number of sulfonamides is 1. The first kappa shape index (κ1) is 15.9. The van der Waals surface area contributed by atoms with E-state index in [9.17, 15) is 13.5 Å². The van der Waals surface area contributed by atoms with Crippen molar-refractivity contribution >= 4 is 26.0 Å². The molecule has 20 heavy (non-hydrogen) atoms. The normalized spacial score (nSPS) is 25.4. The highest BCUT2D eigenvalue weighted by atomic mass is 79.9. The number of rotatable bonds is 3. The van der Waals surface area contributed by atoms with E-state index in [0.717, 1.165) is 5.56 Å². The minimum atomic E-state index is -3.45. The molecule has 1 unspecified atom stereocenters. The Bertz CT molecular complexity index is 554. The molecule has 4 nitrogen and oxygen atoms in total. The predicted octanol–water partition coefficient (Wildman–Crippen LogP) is 2.51. The van der Waals surface area contributed by atoms with E-state index < -0.39 is 15.6 Å². The van der Waals surface area contributed by atoms with Gasteiger partial charge >= 0.3 is 0 Å². The fourth-order valence-electron chi connectivity index (χ4n) is 2.38. The first-order chi connectivity index (χ1) is 9.35. The minimum absolute atomic E-state index is 0.323. The van der Waals surface area contributed by atoms with Crippen molar-refractivity contribution in [2.75, 3.05) is 13.1 Å². The van der Waals surface area contributed by atoms with Crippen LogP contribution in [-0.2, 0) is 15.4 Å². The molecule has 6 heteroatoms. The average molecular weight is 362 g/mol. The highest BCUT2D eigenvalue weighted by Crippen LogP contribution is 2.25. The summed E-state index contributed by atoms with van der Waals surface area (Å²) < 4.78 is 26.7. The van der Waals surface area contributed by atoms with Crippen molar-refractivity contribution in [3.63, 3.8) is 0 Å². The molecule has 0 bridgehead atoms. The summed E-state index contributed by atoms with van der Waals surface area (Å²) >= 11 is 3.34. The third kappa shape index (κ3) is 3.61. The Morgan fingerprint density at radius 2 is 1.90 bits per heavy atom. The van der Waals surface area contributed by atoms with Crippen LogP contribution in [0, 0.1) is 0 Å². The van der Waals surface area contributed by atoms with E-state index in [1.165, 1.54) is 4.31 Å². The van der Waals surface area contributed by atoms with Gasteiger partial charge in [0.05, 0.1) is 10.5 Å².